The summed E-state index contributed by atoms with van der Waals surface area (Å²) in [5, 5.41) is 15.2. The van der Waals surface area contributed by atoms with Gasteiger partial charge in [-0.25, -0.2) is 0 Å². The Kier molecular flexibility index (Phi) is 23.4. The van der Waals surface area contributed by atoms with Crippen molar-refractivity contribution in [3.63, 3.8) is 0 Å². The van der Waals surface area contributed by atoms with E-state index in [1.807, 2.05) is 0 Å². The first-order valence-corrected chi connectivity index (χ1v) is 8.16. The highest BCUT2D eigenvalue weighted by molar-refractivity contribution is 5.69. The minimum Gasteiger partial charge on any atom is -0.465 e. The van der Waals surface area contributed by atoms with Crippen molar-refractivity contribution in [1.29, 1.82) is 0 Å². The van der Waals surface area contributed by atoms with Gasteiger partial charge in [0.2, 0.25) is 0 Å². The summed E-state index contributed by atoms with van der Waals surface area (Å²) >= 11 is 0. The van der Waals surface area contributed by atoms with E-state index in [0.29, 0.717) is 13.0 Å². The summed E-state index contributed by atoms with van der Waals surface area (Å²) in [4.78, 5) is 11.1. The number of hydrogen-bond acceptors (Lipinski definition) is 4. The molecule has 130 valence electrons. The summed E-state index contributed by atoms with van der Waals surface area (Å²) in [6.07, 6.45) is 6.43. The van der Waals surface area contributed by atoms with Crippen molar-refractivity contribution in [3.8, 4) is 0 Å². The van der Waals surface area contributed by atoms with Gasteiger partial charge in [-0.1, -0.05) is 67.2 Å². The molecule has 0 radical (unpaired) electrons. The molecule has 0 saturated carbocycles. The van der Waals surface area contributed by atoms with Crippen LogP contribution in [0.2, 0.25) is 0 Å². The molecule has 0 atom stereocenters. The van der Waals surface area contributed by atoms with Gasteiger partial charge in [0.15, 0.2) is 0 Å². The van der Waals surface area contributed by atoms with Gasteiger partial charge in [-0.15, -0.1) is 0 Å². The highest BCUT2D eigenvalue weighted by Crippen LogP contribution is 2.13. The lowest BCUT2D eigenvalue weighted by atomic mass is 9.99. The Morgan fingerprint density at radius 2 is 1.38 bits per heavy atom. The number of unbranched alkanes of at least 4 members (excludes halogenated alkanes) is 3. The summed E-state index contributed by atoms with van der Waals surface area (Å²) in [5.74, 6) is -0.0524. The molecule has 0 aromatic carbocycles. The molecule has 0 aliphatic rings. The van der Waals surface area contributed by atoms with Crippen LogP contribution in [0.25, 0.3) is 0 Å². The van der Waals surface area contributed by atoms with E-state index in [4.69, 9.17) is 14.9 Å². The second-order valence-electron chi connectivity index (χ2n) is 6.13. The van der Waals surface area contributed by atoms with Gasteiger partial charge in [0.25, 0.3) is 0 Å². The second-order valence-corrected chi connectivity index (χ2v) is 6.13. The Balaban J connectivity index is -0.000000334. The lowest BCUT2D eigenvalue weighted by Gasteiger charge is -2.17. The van der Waals surface area contributed by atoms with Gasteiger partial charge in [0, 0.05) is 6.42 Å². The zero-order valence-corrected chi connectivity index (χ0v) is 15.1. The molecular weight excluding hydrogens is 268 g/mol. The van der Waals surface area contributed by atoms with E-state index < -0.39 is 0 Å². The Morgan fingerprint density at radius 3 is 1.67 bits per heavy atom. The molecule has 0 bridgehead atoms. The van der Waals surface area contributed by atoms with Crippen LogP contribution in [0.3, 0.4) is 0 Å². The van der Waals surface area contributed by atoms with Crippen LogP contribution in [0.15, 0.2) is 0 Å². The van der Waals surface area contributed by atoms with Gasteiger partial charge in [-0.2, -0.15) is 0 Å². The molecule has 0 aromatic heterocycles. The number of carbonyl (C=O) groups excluding carboxylic acids is 1. The van der Waals surface area contributed by atoms with Crippen molar-refractivity contribution >= 4 is 5.97 Å². The van der Waals surface area contributed by atoms with Gasteiger partial charge in [-0.3, -0.25) is 4.79 Å². The summed E-state index contributed by atoms with van der Waals surface area (Å²) < 4.78 is 5.11. The van der Waals surface area contributed by atoms with Gasteiger partial charge >= 0.3 is 5.97 Å². The van der Waals surface area contributed by atoms with Crippen molar-refractivity contribution in [1.82, 2.24) is 0 Å². The lowest BCUT2D eigenvalue weighted by molar-refractivity contribution is -0.146. The van der Waals surface area contributed by atoms with Crippen molar-refractivity contribution < 1.29 is 19.7 Å². The Morgan fingerprint density at radius 1 is 0.905 bits per heavy atom. The van der Waals surface area contributed by atoms with Crippen LogP contribution in [0.4, 0.5) is 0 Å². The third kappa shape index (κ3) is 38.2. The third-order valence-electron chi connectivity index (χ3n) is 2.25. The molecule has 0 aliphatic heterocycles. The monoisotopic (exact) mass is 306 g/mol. The molecule has 2 N–H and O–H groups in total. The van der Waals surface area contributed by atoms with Crippen molar-refractivity contribution in [2.45, 2.75) is 80.1 Å². The third-order valence-corrected chi connectivity index (χ3v) is 2.25. The van der Waals surface area contributed by atoms with Crippen LogP contribution in [-0.4, -0.2) is 36.0 Å². The summed E-state index contributed by atoms with van der Waals surface area (Å²) in [6.45, 7) is 12.9. The quantitative estimate of drug-likeness (QED) is 0.552. The van der Waals surface area contributed by atoms with Crippen molar-refractivity contribution in [2.24, 2.45) is 5.41 Å². The Labute approximate surface area is 131 Å². The molecule has 0 heterocycles. The normalized spacial score (nSPS) is 9.90. The first kappa shape index (κ1) is 25.3. The average Bonchev–Trinajstić information content (AvgIpc) is 2.45. The number of aliphatic hydroxyl groups excluding tert-OH is 2. The van der Waals surface area contributed by atoms with Gasteiger partial charge in [0.05, 0.1) is 19.8 Å². The fraction of sp³-hybridized carbons (Fsp3) is 0.941. The second kappa shape index (κ2) is 19.4. The Hall–Kier alpha value is -0.610. The van der Waals surface area contributed by atoms with Gasteiger partial charge in [-0.05, 0) is 11.8 Å². The number of aliphatic hydroxyl groups is 2. The maximum atomic E-state index is 11.1. The minimum atomic E-state index is -0.125. The average molecular weight is 306 g/mol. The molecule has 0 spiro atoms. The molecule has 0 unspecified atom stereocenters. The standard InChI is InChI=1S/C11H22O2.C4H10.C2H6O2/c1-5-6-7-8-10(12)13-9-11(2,3)4;1-3-4-2;3-1-2-4/h5-9H2,1-4H3;3-4H2,1-2H3;3-4H,1-2H2. The van der Waals surface area contributed by atoms with Crippen LogP contribution < -0.4 is 0 Å². The van der Waals surface area contributed by atoms with Crippen molar-refractivity contribution in [3.05, 3.63) is 0 Å². The number of esters is 1. The molecule has 0 fully saturated rings. The molecule has 0 rings (SSSR count). The summed E-state index contributed by atoms with van der Waals surface area (Å²) in [7, 11) is 0. The van der Waals surface area contributed by atoms with E-state index in [-0.39, 0.29) is 24.6 Å². The molecule has 4 heteroatoms. The topological polar surface area (TPSA) is 66.8 Å². The van der Waals surface area contributed by atoms with E-state index in [0.717, 1.165) is 19.3 Å². The number of ether oxygens (including phenoxy) is 1. The van der Waals surface area contributed by atoms with Crippen LogP contribution in [0.1, 0.15) is 80.1 Å². The molecule has 21 heavy (non-hydrogen) atoms. The maximum Gasteiger partial charge on any atom is 0.305 e. The number of rotatable bonds is 7. The fourth-order valence-corrected chi connectivity index (χ4v) is 0.889. The van der Waals surface area contributed by atoms with Crippen LogP contribution in [0, 0.1) is 5.41 Å². The molecular formula is C17H38O4. The maximum absolute atomic E-state index is 11.1. The Bertz CT molecular complexity index is 189. The SMILES string of the molecule is CCCC.CCCCCC(=O)OCC(C)(C)C.OCCO. The van der Waals surface area contributed by atoms with Crippen molar-refractivity contribution in [2.75, 3.05) is 19.8 Å². The van der Waals surface area contributed by atoms with E-state index in [1.165, 1.54) is 12.8 Å². The highest BCUT2D eigenvalue weighted by Gasteiger charge is 2.13. The van der Waals surface area contributed by atoms with E-state index in [2.05, 4.69) is 41.5 Å². The van der Waals surface area contributed by atoms with E-state index in [1.54, 1.807) is 0 Å². The minimum absolute atomic E-state index is 0.0524. The van der Waals surface area contributed by atoms with Gasteiger partial charge in [0.1, 0.15) is 0 Å². The summed E-state index contributed by atoms with van der Waals surface area (Å²) in [6, 6.07) is 0. The zero-order valence-electron chi connectivity index (χ0n) is 15.1. The molecule has 0 saturated heterocycles. The molecule has 0 amide bonds. The molecule has 0 aliphatic carbocycles. The zero-order chi connectivity index (χ0) is 17.1. The number of carbonyl (C=O) groups is 1. The summed E-state index contributed by atoms with van der Waals surface area (Å²) in [5.41, 5.74) is 0.0837. The van der Waals surface area contributed by atoms with E-state index >= 15 is 0 Å². The smallest absolute Gasteiger partial charge is 0.305 e. The van der Waals surface area contributed by atoms with Gasteiger partial charge < -0.3 is 14.9 Å². The number of hydrogen-bond donors (Lipinski definition) is 2. The highest BCUT2D eigenvalue weighted by atomic mass is 16.5. The largest absolute Gasteiger partial charge is 0.465 e. The lowest BCUT2D eigenvalue weighted by Crippen LogP contribution is -2.18. The predicted octanol–water partition coefficient (Wildman–Crippen LogP) is 3.93. The van der Waals surface area contributed by atoms with E-state index in [9.17, 15) is 4.79 Å². The first-order chi connectivity index (χ1) is 9.78. The van der Waals surface area contributed by atoms with Crippen LogP contribution in [-0.2, 0) is 9.53 Å². The molecule has 0 aromatic rings. The molecule has 4 nitrogen and oxygen atoms in total. The van der Waals surface area contributed by atoms with Crippen LogP contribution >= 0.6 is 0 Å². The first-order valence-electron chi connectivity index (χ1n) is 8.16. The fourth-order valence-electron chi connectivity index (χ4n) is 0.889. The predicted molar refractivity (Wildman–Crippen MR) is 89.3 cm³/mol. The van der Waals surface area contributed by atoms with Crippen LogP contribution in [0.5, 0.6) is 0 Å².